The molecule has 0 radical (unpaired) electrons. The van der Waals surface area contributed by atoms with Gasteiger partial charge in [0.15, 0.2) is 18.3 Å². The monoisotopic (exact) mass is 244 g/mol. The molecule has 2 aromatic heterocycles. The summed E-state index contributed by atoms with van der Waals surface area (Å²) in [5, 5.41) is 8.98. The number of aromatic nitrogens is 2. The highest BCUT2D eigenvalue weighted by molar-refractivity contribution is 5.50. The number of hydrogen-bond acceptors (Lipinski definition) is 4. The second kappa shape index (κ2) is 4.17. The van der Waals surface area contributed by atoms with Gasteiger partial charge in [0.05, 0.1) is 6.20 Å². The summed E-state index contributed by atoms with van der Waals surface area (Å²) in [5.41, 5.74) is 0.0291. The van der Waals surface area contributed by atoms with Crippen LogP contribution >= 0.6 is 0 Å². The molecule has 0 aromatic carbocycles. The predicted octanol–water partition coefficient (Wildman–Crippen LogP) is 2.33. The molecule has 2 aromatic rings. The van der Waals surface area contributed by atoms with Crippen LogP contribution in [0.1, 0.15) is 11.7 Å². The maximum atomic E-state index is 12.2. The third-order valence-electron chi connectivity index (χ3n) is 2.10. The van der Waals surface area contributed by atoms with E-state index in [1.807, 2.05) is 0 Å². The number of pyridine rings is 1. The van der Waals surface area contributed by atoms with E-state index in [-0.39, 0.29) is 5.56 Å². The van der Waals surface area contributed by atoms with Crippen LogP contribution in [-0.4, -0.2) is 21.3 Å². The lowest BCUT2D eigenvalue weighted by atomic mass is 10.1. The van der Waals surface area contributed by atoms with E-state index >= 15 is 0 Å². The van der Waals surface area contributed by atoms with Crippen molar-refractivity contribution in [2.24, 2.45) is 0 Å². The largest absolute Gasteiger partial charge is 0.442 e. The number of aliphatic hydroxyl groups is 1. The van der Waals surface area contributed by atoms with Crippen molar-refractivity contribution in [2.75, 3.05) is 0 Å². The predicted molar refractivity (Wildman–Crippen MR) is 50.7 cm³/mol. The van der Waals surface area contributed by atoms with Gasteiger partial charge in [0.2, 0.25) is 0 Å². The van der Waals surface area contributed by atoms with Crippen molar-refractivity contribution < 1.29 is 22.7 Å². The highest BCUT2D eigenvalue weighted by atomic mass is 19.4. The fourth-order valence-corrected chi connectivity index (χ4v) is 1.24. The molecule has 2 rings (SSSR count). The van der Waals surface area contributed by atoms with Crippen molar-refractivity contribution in [3.63, 3.8) is 0 Å². The van der Waals surface area contributed by atoms with Gasteiger partial charge in [0.25, 0.3) is 0 Å². The smallest absolute Gasteiger partial charge is 0.418 e. The summed E-state index contributed by atoms with van der Waals surface area (Å²) < 4.78 is 41.5. The Morgan fingerprint density at radius 2 is 2.00 bits per heavy atom. The van der Waals surface area contributed by atoms with E-state index in [2.05, 4.69) is 9.97 Å². The van der Waals surface area contributed by atoms with Crippen LogP contribution in [0.2, 0.25) is 0 Å². The molecular formula is C10H7F3N2O2. The van der Waals surface area contributed by atoms with Gasteiger partial charge < -0.3 is 9.52 Å². The highest BCUT2D eigenvalue weighted by Crippen LogP contribution is 2.32. The molecular weight excluding hydrogens is 237 g/mol. The lowest BCUT2D eigenvalue weighted by Crippen LogP contribution is -2.20. The van der Waals surface area contributed by atoms with Crippen LogP contribution in [0.15, 0.2) is 35.3 Å². The van der Waals surface area contributed by atoms with Crippen LogP contribution in [0.3, 0.4) is 0 Å². The zero-order valence-corrected chi connectivity index (χ0v) is 8.35. The third-order valence-corrected chi connectivity index (χ3v) is 2.10. The van der Waals surface area contributed by atoms with Crippen molar-refractivity contribution >= 4 is 0 Å². The SMILES string of the molecule is OC(c1ccc(-c2cnco2)nc1)C(F)(F)F. The first-order chi connectivity index (χ1) is 7.98. The Hall–Kier alpha value is -1.89. The van der Waals surface area contributed by atoms with E-state index in [4.69, 9.17) is 9.52 Å². The number of alkyl halides is 3. The van der Waals surface area contributed by atoms with E-state index in [1.54, 1.807) is 0 Å². The summed E-state index contributed by atoms with van der Waals surface area (Å²) in [5.74, 6) is 0.345. The Morgan fingerprint density at radius 3 is 2.47 bits per heavy atom. The molecule has 0 saturated carbocycles. The maximum Gasteiger partial charge on any atom is 0.418 e. The Kier molecular flexibility index (Phi) is 2.84. The third kappa shape index (κ3) is 2.44. The van der Waals surface area contributed by atoms with Gasteiger partial charge in [-0.3, -0.25) is 4.98 Å². The molecule has 0 bridgehead atoms. The van der Waals surface area contributed by atoms with Gasteiger partial charge in [-0.05, 0) is 6.07 Å². The minimum atomic E-state index is -4.70. The standard InChI is InChI=1S/C10H7F3N2O2/c11-10(12,13)9(16)6-1-2-7(15-3-6)8-4-14-5-17-8/h1-5,9,16H. The number of hydrogen-bond donors (Lipinski definition) is 1. The van der Waals surface area contributed by atoms with E-state index < -0.39 is 12.3 Å². The van der Waals surface area contributed by atoms with Gasteiger partial charge in [0.1, 0.15) is 5.69 Å². The molecule has 1 atom stereocenters. The first-order valence-corrected chi connectivity index (χ1v) is 4.58. The molecule has 4 nitrogen and oxygen atoms in total. The molecule has 0 aliphatic rings. The van der Waals surface area contributed by atoms with Crippen molar-refractivity contribution in [2.45, 2.75) is 12.3 Å². The van der Waals surface area contributed by atoms with Gasteiger partial charge in [-0.15, -0.1) is 0 Å². The zero-order chi connectivity index (χ0) is 12.5. The topological polar surface area (TPSA) is 59.2 Å². The minimum Gasteiger partial charge on any atom is -0.442 e. The normalized spacial score (nSPS) is 13.6. The van der Waals surface area contributed by atoms with Crippen LogP contribution < -0.4 is 0 Å². The van der Waals surface area contributed by atoms with E-state index in [0.717, 1.165) is 12.3 Å². The second-order valence-corrected chi connectivity index (χ2v) is 3.29. The van der Waals surface area contributed by atoms with Crippen LogP contribution in [0.25, 0.3) is 11.5 Å². The lowest BCUT2D eigenvalue weighted by Gasteiger charge is -2.14. The molecule has 0 saturated heterocycles. The number of aliphatic hydroxyl groups excluding tert-OH is 1. The van der Waals surface area contributed by atoms with Gasteiger partial charge >= 0.3 is 6.18 Å². The summed E-state index contributed by atoms with van der Waals surface area (Å²) in [6, 6.07) is 2.47. The first-order valence-electron chi connectivity index (χ1n) is 4.58. The molecule has 0 fully saturated rings. The minimum absolute atomic E-state index is 0.319. The fourth-order valence-electron chi connectivity index (χ4n) is 1.24. The number of rotatable bonds is 2. The summed E-state index contributed by atoms with van der Waals surface area (Å²) in [7, 11) is 0. The van der Waals surface area contributed by atoms with Crippen molar-refractivity contribution in [3.8, 4) is 11.5 Å². The van der Waals surface area contributed by atoms with E-state index in [1.165, 1.54) is 18.7 Å². The van der Waals surface area contributed by atoms with Crippen LogP contribution in [0.4, 0.5) is 13.2 Å². The molecule has 17 heavy (non-hydrogen) atoms. The molecule has 0 aliphatic carbocycles. The van der Waals surface area contributed by atoms with Gasteiger partial charge in [-0.2, -0.15) is 13.2 Å². The zero-order valence-electron chi connectivity index (χ0n) is 8.35. The molecule has 0 spiro atoms. The van der Waals surface area contributed by atoms with Gasteiger partial charge in [-0.25, -0.2) is 4.98 Å². The molecule has 0 amide bonds. The summed E-state index contributed by atoms with van der Waals surface area (Å²) in [6.45, 7) is 0. The second-order valence-electron chi connectivity index (χ2n) is 3.29. The lowest BCUT2D eigenvalue weighted by molar-refractivity contribution is -0.206. The first kappa shape index (κ1) is 11.6. The van der Waals surface area contributed by atoms with Crippen LogP contribution in [0, 0.1) is 0 Å². The maximum absolute atomic E-state index is 12.2. The quantitative estimate of drug-likeness (QED) is 0.880. The van der Waals surface area contributed by atoms with Gasteiger partial charge in [-0.1, -0.05) is 6.07 Å². The summed E-state index contributed by atoms with van der Waals surface area (Å²) >= 11 is 0. The van der Waals surface area contributed by atoms with Crippen LogP contribution in [0.5, 0.6) is 0 Å². The summed E-state index contributed by atoms with van der Waals surface area (Å²) in [4.78, 5) is 7.42. The molecule has 1 N–H and O–H groups in total. The van der Waals surface area contributed by atoms with E-state index in [9.17, 15) is 13.2 Å². The number of halogens is 3. The average molecular weight is 244 g/mol. The Balaban J connectivity index is 2.25. The van der Waals surface area contributed by atoms with E-state index in [0.29, 0.717) is 11.5 Å². The Morgan fingerprint density at radius 1 is 1.24 bits per heavy atom. The van der Waals surface area contributed by atoms with Crippen molar-refractivity contribution in [3.05, 3.63) is 36.5 Å². The molecule has 0 aliphatic heterocycles. The average Bonchev–Trinajstić information content (AvgIpc) is 2.80. The molecule has 2 heterocycles. The Labute approximate surface area is 93.7 Å². The summed E-state index contributed by atoms with van der Waals surface area (Å²) in [6.07, 6.45) is -3.69. The van der Waals surface area contributed by atoms with Crippen LogP contribution in [-0.2, 0) is 0 Å². The van der Waals surface area contributed by atoms with Crippen molar-refractivity contribution in [1.29, 1.82) is 0 Å². The molecule has 7 heteroatoms. The molecule has 90 valence electrons. The molecule has 1 unspecified atom stereocenters. The number of oxazole rings is 1. The number of nitrogens with zero attached hydrogens (tertiary/aromatic N) is 2. The fraction of sp³-hybridized carbons (Fsp3) is 0.200. The van der Waals surface area contributed by atoms with Crippen molar-refractivity contribution in [1.82, 2.24) is 9.97 Å². The van der Waals surface area contributed by atoms with Gasteiger partial charge in [0, 0.05) is 11.8 Å². The Bertz CT molecular complexity index is 479. The highest BCUT2D eigenvalue weighted by Gasteiger charge is 2.39.